The van der Waals surface area contributed by atoms with E-state index in [1.807, 2.05) is 23.4 Å². The molecule has 0 saturated heterocycles. The normalized spacial score (nSPS) is 19.0. The van der Waals surface area contributed by atoms with Crippen LogP contribution in [0.5, 0.6) is 5.88 Å². The highest BCUT2D eigenvalue weighted by molar-refractivity contribution is 7.82. The molecule has 6 rings (SSSR count). The standard InChI is InChI=1S/C25H23F3N6O2S/c1-15-5-6-18(12-17-7-11-34-21(16(17)2)31-32-23(34)25(26,27)28)30-19(15)13-33-14-24(8-9-24)36-22-20(37(33)35)4-3-10-29-22/h3-7,10-11H,8-9,12-14H2,1-2H3. The second-order valence-corrected chi connectivity index (χ2v) is 11.0. The summed E-state index contributed by atoms with van der Waals surface area (Å²) in [5.74, 6) is -0.625. The highest BCUT2D eigenvalue weighted by atomic mass is 32.2. The van der Waals surface area contributed by atoms with Crippen LogP contribution in [0.3, 0.4) is 0 Å². The van der Waals surface area contributed by atoms with E-state index in [1.54, 1.807) is 31.3 Å². The molecular weight excluding hydrogens is 505 g/mol. The van der Waals surface area contributed by atoms with E-state index in [1.165, 1.54) is 6.20 Å². The highest BCUT2D eigenvalue weighted by Gasteiger charge is 2.50. The number of nitrogens with zero attached hydrogens (tertiary/aromatic N) is 6. The molecule has 5 heterocycles. The SMILES string of the molecule is Cc1ccc(Cc2ccn3c(C(F)(F)F)nnc3c2C)nc1CN1CC2(CC2)Oc2ncccc2S1=O. The fraction of sp³-hybridized carbons (Fsp3) is 0.360. The van der Waals surface area contributed by atoms with Gasteiger partial charge in [-0.1, -0.05) is 6.07 Å². The molecule has 1 aliphatic carbocycles. The number of aryl methyl sites for hydroxylation is 2. The van der Waals surface area contributed by atoms with Gasteiger partial charge in [0, 0.05) is 24.5 Å². The Hall–Kier alpha value is -3.38. The number of pyridine rings is 3. The summed E-state index contributed by atoms with van der Waals surface area (Å²) in [5, 5.41) is 7.10. The van der Waals surface area contributed by atoms with Crippen molar-refractivity contribution in [2.45, 2.75) is 56.3 Å². The Kier molecular flexibility index (Phi) is 5.57. The van der Waals surface area contributed by atoms with Crippen molar-refractivity contribution in [1.29, 1.82) is 0 Å². The summed E-state index contributed by atoms with van der Waals surface area (Å²) < 4.78 is 62.1. The fourth-order valence-electron chi connectivity index (χ4n) is 4.60. The minimum Gasteiger partial charge on any atom is -0.469 e. The molecule has 37 heavy (non-hydrogen) atoms. The summed E-state index contributed by atoms with van der Waals surface area (Å²) >= 11 is 0. The maximum Gasteiger partial charge on any atom is 0.452 e. The van der Waals surface area contributed by atoms with Crippen LogP contribution in [0.4, 0.5) is 13.2 Å². The zero-order chi connectivity index (χ0) is 25.9. The highest BCUT2D eigenvalue weighted by Crippen LogP contribution is 2.45. The topological polar surface area (TPSA) is 85.5 Å². The van der Waals surface area contributed by atoms with Crippen molar-refractivity contribution >= 4 is 16.6 Å². The molecule has 1 aliphatic heterocycles. The Morgan fingerprint density at radius 1 is 1.14 bits per heavy atom. The molecule has 0 N–H and O–H groups in total. The first-order valence-electron chi connectivity index (χ1n) is 11.8. The van der Waals surface area contributed by atoms with Gasteiger partial charge in [0.2, 0.25) is 11.7 Å². The van der Waals surface area contributed by atoms with E-state index in [4.69, 9.17) is 9.72 Å². The van der Waals surface area contributed by atoms with Gasteiger partial charge < -0.3 is 4.74 Å². The van der Waals surface area contributed by atoms with Crippen LogP contribution in [0.25, 0.3) is 5.65 Å². The summed E-state index contributed by atoms with van der Waals surface area (Å²) in [6.07, 6.45) is 0.561. The second kappa shape index (κ2) is 8.59. The molecule has 0 aromatic carbocycles. The van der Waals surface area contributed by atoms with Gasteiger partial charge in [-0.05, 0) is 67.6 Å². The van der Waals surface area contributed by atoms with Crippen molar-refractivity contribution in [3.8, 4) is 5.88 Å². The van der Waals surface area contributed by atoms with Crippen LogP contribution in [0.15, 0.2) is 47.6 Å². The number of aromatic nitrogens is 5. The van der Waals surface area contributed by atoms with Crippen molar-refractivity contribution in [3.63, 3.8) is 0 Å². The second-order valence-electron chi connectivity index (χ2n) is 9.56. The molecule has 0 radical (unpaired) electrons. The number of alkyl halides is 3. The van der Waals surface area contributed by atoms with Gasteiger partial charge in [-0.25, -0.2) is 13.5 Å². The molecule has 192 valence electrons. The first-order valence-corrected chi connectivity index (χ1v) is 12.9. The summed E-state index contributed by atoms with van der Waals surface area (Å²) in [7, 11) is -1.46. The Bertz CT molecular complexity index is 1550. The van der Waals surface area contributed by atoms with Gasteiger partial charge in [-0.3, -0.25) is 9.38 Å². The summed E-state index contributed by atoms with van der Waals surface area (Å²) in [6, 6.07) is 9.03. The smallest absolute Gasteiger partial charge is 0.452 e. The van der Waals surface area contributed by atoms with Crippen molar-refractivity contribution in [2.24, 2.45) is 0 Å². The van der Waals surface area contributed by atoms with E-state index >= 15 is 0 Å². The van der Waals surface area contributed by atoms with Crippen LogP contribution < -0.4 is 4.74 Å². The number of hydrogen-bond acceptors (Lipinski definition) is 6. The van der Waals surface area contributed by atoms with Gasteiger partial charge in [-0.15, -0.1) is 10.2 Å². The number of ether oxygens (including phenoxy) is 1. The van der Waals surface area contributed by atoms with Crippen LogP contribution in [0.2, 0.25) is 0 Å². The molecule has 1 fully saturated rings. The van der Waals surface area contributed by atoms with E-state index in [0.717, 1.165) is 39.8 Å². The molecule has 1 atom stereocenters. The van der Waals surface area contributed by atoms with Crippen LogP contribution in [0, 0.1) is 13.8 Å². The lowest BCUT2D eigenvalue weighted by Crippen LogP contribution is -2.36. The monoisotopic (exact) mass is 528 g/mol. The number of halogens is 3. The molecule has 4 aromatic heterocycles. The van der Waals surface area contributed by atoms with Crippen LogP contribution in [0.1, 0.15) is 46.7 Å². The van der Waals surface area contributed by atoms with Crippen molar-refractivity contribution in [3.05, 3.63) is 76.6 Å². The predicted molar refractivity (Wildman–Crippen MR) is 128 cm³/mol. The quantitative estimate of drug-likeness (QED) is 0.395. The van der Waals surface area contributed by atoms with E-state index in [9.17, 15) is 17.4 Å². The molecule has 1 spiro atoms. The molecule has 1 unspecified atom stereocenters. The van der Waals surface area contributed by atoms with Crippen LogP contribution in [-0.2, 0) is 30.1 Å². The van der Waals surface area contributed by atoms with E-state index in [-0.39, 0.29) is 11.2 Å². The largest absolute Gasteiger partial charge is 0.469 e. The maximum atomic E-state index is 13.5. The predicted octanol–water partition coefficient (Wildman–Crippen LogP) is 4.20. The lowest BCUT2D eigenvalue weighted by atomic mass is 10.0. The van der Waals surface area contributed by atoms with Gasteiger partial charge in [-0.2, -0.15) is 13.2 Å². The molecular formula is C25H23F3N6O2S. The average Bonchev–Trinajstić information content (AvgIpc) is 3.47. The van der Waals surface area contributed by atoms with Crippen LogP contribution >= 0.6 is 0 Å². The van der Waals surface area contributed by atoms with Gasteiger partial charge in [0.1, 0.15) is 21.5 Å². The summed E-state index contributed by atoms with van der Waals surface area (Å²) in [6.45, 7) is 4.56. The van der Waals surface area contributed by atoms with Gasteiger partial charge >= 0.3 is 6.18 Å². The zero-order valence-corrected chi connectivity index (χ0v) is 20.9. The third-order valence-electron chi connectivity index (χ3n) is 6.89. The number of rotatable bonds is 4. The van der Waals surface area contributed by atoms with Crippen LogP contribution in [-0.4, -0.2) is 45.2 Å². The average molecular weight is 529 g/mol. The van der Waals surface area contributed by atoms with E-state index < -0.39 is 23.0 Å². The van der Waals surface area contributed by atoms with Gasteiger partial charge in [0.15, 0.2) is 5.65 Å². The maximum absolute atomic E-state index is 13.5. The van der Waals surface area contributed by atoms with Crippen molar-refractivity contribution in [1.82, 2.24) is 28.9 Å². The molecule has 1 saturated carbocycles. The molecule has 0 amide bonds. The molecule has 2 aliphatic rings. The Morgan fingerprint density at radius 3 is 2.70 bits per heavy atom. The fourth-order valence-corrected chi connectivity index (χ4v) is 5.91. The number of hydrogen-bond donors (Lipinski definition) is 0. The number of fused-ring (bicyclic) bond motifs is 2. The first-order chi connectivity index (χ1) is 17.6. The Balaban J connectivity index is 1.29. The Labute approximate surface area is 213 Å². The van der Waals surface area contributed by atoms with Crippen molar-refractivity contribution in [2.75, 3.05) is 6.54 Å². The zero-order valence-electron chi connectivity index (χ0n) is 20.1. The molecule has 8 nitrogen and oxygen atoms in total. The minimum absolute atomic E-state index is 0.166. The third kappa shape index (κ3) is 4.37. The lowest BCUT2D eigenvalue weighted by Gasteiger charge is -2.22. The minimum atomic E-state index is -4.59. The van der Waals surface area contributed by atoms with Gasteiger partial charge in [0.05, 0.1) is 18.8 Å². The molecule has 0 bridgehead atoms. The lowest BCUT2D eigenvalue weighted by molar-refractivity contribution is -0.145. The summed E-state index contributed by atoms with van der Waals surface area (Å²) in [4.78, 5) is 9.71. The molecule has 4 aromatic rings. The van der Waals surface area contributed by atoms with Crippen molar-refractivity contribution < 1.29 is 22.1 Å². The summed E-state index contributed by atoms with van der Waals surface area (Å²) in [5.41, 5.74) is 3.71. The molecule has 12 heteroatoms. The van der Waals surface area contributed by atoms with Gasteiger partial charge in [0.25, 0.3) is 0 Å². The van der Waals surface area contributed by atoms with E-state index in [0.29, 0.717) is 35.8 Å². The first kappa shape index (κ1) is 24.0. The third-order valence-corrected chi connectivity index (χ3v) is 8.31. The van der Waals surface area contributed by atoms with E-state index in [2.05, 4.69) is 15.2 Å². The Morgan fingerprint density at radius 2 is 1.95 bits per heavy atom.